The average Bonchev–Trinajstić information content (AvgIpc) is 3.04. The van der Waals surface area contributed by atoms with Crippen molar-refractivity contribution in [2.75, 3.05) is 20.2 Å². The highest BCUT2D eigenvalue weighted by molar-refractivity contribution is 5.94. The Morgan fingerprint density at radius 2 is 2.05 bits per heavy atom. The SMILES string of the molecule is COc1ccc(C(=O)N2CCC(Oc3ccccc3)C2)cn1. The fraction of sp³-hybridized carbons (Fsp3) is 0.294. The second-order valence-electron chi connectivity index (χ2n) is 5.18. The fourth-order valence-corrected chi connectivity index (χ4v) is 2.51. The van der Waals surface area contributed by atoms with Gasteiger partial charge in [-0.25, -0.2) is 4.98 Å². The monoisotopic (exact) mass is 298 g/mol. The summed E-state index contributed by atoms with van der Waals surface area (Å²) < 4.78 is 10.9. The molecule has 114 valence electrons. The maximum absolute atomic E-state index is 12.4. The number of rotatable bonds is 4. The number of carbonyl (C=O) groups excluding carboxylic acids is 1. The number of carbonyl (C=O) groups is 1. The van der Waals surface area contributed by atoms with Crippen LogP contribution >= 0.6 is 0 Å². The molecule has 5 heteroatoms. The maximum atomic E-state index is 12.4. The van der Waals surface area contributed by atoms with Crippen LogP contribution in [0.4, 0.5) is 0 Å². The van der Waals surface area contributed by atoms with Crippen LogP contribution in [-0.2, 0) is 0 Å². The zero-order chi connectivity index (χ0) is 15.4. The molecule has 0 N–H and O–H groups in total. The molecule has 5 nitrogen and oxygen atoms in total. The molecule has 1 aromatic carbocycles. The van der Waals surface area contributed by atoms with Gasteiger partial charge in [-0.05, 0) is 18.2 Å². The van der Waals surface area contributed by atoms with Crippen LogP contribution in [0.3, 0.4) is 0 Å². The number of pyridine rings is 1. The lowest BCUT2D eigenvalue weighted by molar-refractivity contribution is 0.0772. The Balaban J connectivity index is 1.60. The minimum Gasteiger partial charge on any atom is -0.489 e. The number of amides is 1. The summed E-state index contributed by atoms with van der Waals surface area (Å²) in [6.45, 7) is 1.29. The van der Waals surface area contributed by atoms with Gasteiger partial charge < -0.3 is 14.4 Å². The molecule has 2 aromatic rings. The van der Waals surface area contributed by atoms with Crippen molar-refractivity contribution in [1.29, 1.82) is 0 Å². The van der Waals surface area contributed by atoms with E-state index in [9.17, 15) is 4.79 Å². The lowest BCUT2D eigenvalue weighted by Crippen LogP contribution is -2.31. The molecular weight excluding hydrogens is 280 g/mol. The number of methoxy groups -OCH3 is 1. The van der Waals surface area contributed by atoms with Crippen molar-refractivity contribution in [2.45, 2.75) is 12.5 Å². The topological polar surface area (TPSA) is 51.7 Å². The number of hydrogen-bond acceptors (Lipinski definition) is 4. The third-order valence-corrected chi connectivity index (χ3v) is 3.67. The summed E-state index contributed by atoms with van der Waals surface area (Å²) >= 11 is 0. The predicted octanol–water partition coefficient (Wildman–Crippen LogP) is 2.38. The highest BCUT2D eigenvalue weighted by Gasteiger charge is 2.28. The van der Waals surface area contributed by atoms with Crippen molar-refractivity contribution in [3.63, 3.8) is 0 Å². The standard InChI is InChI=1S/C17H18N2O3/c1-21-16-8-7-13(11-18-16)17(20)19-10-9-15(12-19)22-14-5-3-2-4-6-14/h2-8,11,15H,9-10,12H2,1H3. The zero-order valence-electron chi connectivity index (χ0n) is 12.4. The summed E-state index contributed by atoms with van der Waals surface area (Å²) in [5, 5.41) is 0. The van der Waals surface area contributed by atoms with E-state index in [4.69, 9.17) is 9.47 Å². The molecule has 1 amide bonds. The number of nitrogens with zero attached hydrogens (tertiary/aromatic N) is 2. The van der Waals surface area contributed by atoms with Crippen LogP contribution in [0.15, 0.2) is 48.7 Å². The van der Waals surface area contributed by atoms with Crippen molar-refractivity contribution >= 4 is 5.91 Å². The van der Waals surface area contributed by atoms with E-state index in [0.29, 0.717) is 24.5 Å². The third-order valence-electron chi connectivity index (χ3n) is 3.67. The molecule has 1 aliphatic heterocycles. The van der Waals surface area contributed by atoms with Crippen LogP contribution in [0.5, 0.6) is 11.6 Å². The van der Waals surface area contributed by atoms with Crippen molar-refractivity contribution < 1.29 is 14.3 Å². The lowest BCUT2D eigenvalue weighted by Gasteiger charge is -2.17. The Bertz CT molecular complexity index is 628. The Hall–Kier alpha value is -2.56. The van der Waals surface area contributed by atoms with Gasteiger partial charge in [0.15, 0.2) is 0 Å². The molecule has 1 fully saturated rings. The Morgan fingerprint density at radius 1 is 1.23 bits per heavy atom. The van der Waals surface area contributed by atoms with Gasteiger partial charge in [0.05, 0.1) is 19.2 Å². The molecule has 0 bridgehead atoms. The normalized spacial score (nSPS) is 17.3. The van der Waals surface area contributed by atoms with E-state index >= 15 is 0 Å². The molecule has 0 saturated carbocycles. The largest absolute Gasteiger partial charge is 0.489 e. The number of likely N-dealkylation sites (tertiary alicyclic amines) is 1. The van der Waals surface area contributed by atoms with Gasteiger partial charge in [-0.2, -0.15) is 0 Å². The summed E-state index contributed by atoms with van der Waals surface area (Å²) in [6, 6.07) is 13.1. The summed E-state index contributed by atoms with van der Waals surface area (Å²) in [5.41, 5.74) is 0.571. The summed E-state index contributed by atoms with van der Waals surface area (Å²) in [6.07, 6.45) is 2.43. The molecule has 2 heterocycles. The Labute approximate surface area is 129 Å². The number of para-hydroxylation sites is 1. The lowest BCUT2D eigenvalue weighted by atomic mass is 10.2. The molecule has 1 saturated heterocycles. The quantitative estimate of drug-likeness (QED) is 0.869. The molecule has 0 aliphatic carbocycles. The van der Waals surface area contributed by atoms with Gasteiger partial charge in [0, 0.05) is 25.2 Å². The smallest absolute Gasteiger partial charge is 0.255 e. The minimum absolute atomic E-state index is 0.0192. The number of ether oxygens (including phenoxy) is 2. The van der Waals surface area contributed by atoms with Gasteiger partial charge in [-0.1, -0.05) is 18.2 Å². The maximum Gasteiger partial charge on any atom is 0.255 e. The van der Waals surface area contributed by atoms with Gasteiger partial charge >= 0.3 is 0 Å². The van der Waals surface area contributed by atoms with Crippen molar-refractivity contribution in [1.82, 2.24) is 9.88 Å². The first-order valence-electron chi connectivity index (χ1n) is 7.27. The van der Waals surface area contributed by atoms with E-state index in [2.05, 4.69) is 4.98 Å². The fourth-order valence-electron chi connectivity index (χ4n) is 2.51. The number of aromatic nitrogens is 1. The van der Waals surface area contributed by atoms with Crippen molar-refractivity contribution in [2.24, 2.45) is 0 Å². The molecular formula is C17H18N2O3. The molecule has 0 spiro atoms. The van der Waals surface area contributed by atoms with E-state index < -0.39 is 0 Å². The van der Waals surface area contributed by atoms with Gasteiger partial charge in [-0.15, -0.1) is 0 Å². The van der Waals surface area contributed by atoms with Crippen LogP contribution in [0.1, 0.15) is 16.8 Å². The molecule has 3 rings (SSSR count). The van der Waals surface area contributed by atoms with E-state index in [1.807, 2.05) is 30.3 Å². The van der Waals surface area contributed by atoms with Crippen molar-refractivity contribution in [3.8, 4) is 11.6 Å². The molecule has 1 unspecified atom stereocenters. The summed E-state index contributed by atoms with van der Waals surface area (Å²) in [7, 11) is 1.55. The molecule has 22 heavy (non-hydrogen) atoms. The van der Waals surface area contributed by atoms with Crippen LogP contribution in [0.25, 0.3) is 0 Å². The van der Waals surface area contributed by atoms with E-state index in [1.165, 1.54) is 0 Å². The van der Waals surface area contributed by atoms with Gasteiger partial charge in [0.1, 0.15) is 11.9 Å². The van der Waals surface area contributed by atoms with Gasteiger partial charge in [0.25, 0.3) is 5.91 Å². The number of benzene rings is 1. The molecule has 0 radical (unpaired) electrons. The second kappa shape index (κ2) is 6.47. The van der Waals surface area contributed by atoms with E-state index in [1.54, 1.807) is 30.3 Å². The summed E-state index contributed by atoms with van der Waals surface area (Å²) in [4.78, 5) is 18.3. The Kier molecular flexibility index (Phi) is 4.23. The number of hydrogen-bond donors (Lipinski definition) is 0. The van der Waals surface area contributed by atoms with Crippen molar-refractivity contribution in [3.05, 3.63) is 54.2 Å². The van der Waals surface area contributed by atoms with Crippen LogP contribution in [-0.4, -0.2) is 42.1 Å². The van der Waals surface area contributed by atoms with Crippen LogP contribution in [0, 0.1) is 0 Å². The third kappa shape index (κ3) is 3.19. The first-order valence-corrected chi connectivity index (χ1v) is 7.27. The molecule has 1 aliphatic rings. The van der Waals surface area contributed by atoms with E-state index in [-0.39, 0.29) is 12.0 Å². The minimum atomic E-state index is -0.0192. The first-order chi connectivity index (χ1) is 10.8. The molecule has 1 aromatic heterocycles. The highest BCUT2D eigenvalue weighted by atomic mass is 16.5. The zero-order valence-corrected chi connectivity index (χ0v) is 12.4. The van der Waals surface area contributed by atoms with Crippen LogP contribution in [0.2, 0.25) is 0 Å². The van der Waals surface area contributed by atoms with Crippen LogP contribution < -0.4 is 9.47 Å². The molecule has 1 atom stereocenters. The van der Waals surface area contributed by atoms with Gasteiger partial charge in [0.2, 0.25) is 5.88 Å². The second-order valence-corrected chi connectivity index (χ2v) is 5.18. The highest BCUT2D eigenvalue weighted by Crippen LogP contribution is 2.20. The van der Waals surface area contributed by atoms with Gasteiger partial charge in [-0.3, -0.25) is 4.79 Å². The average molecular weight is 298 g/mol. The first kappa shape index (κ1) is 14.4. The Morgan fingerprint density at radius 3 is 2.73 bits per heavy atom. The predicted molar refractivity (Wildman–Crippen MR) is 82.2 cm³/mol. The van der Waals surface area contributed by atoms with E-state index in [0.717, 1.165) is 12.2 Å². The summed E-state index contributed by atoms with van der Waals surface area (Å²) in [5.74, 6) is 1.32.